The number of hydrogen-bond donors (Lipinski definition) is 1. The molecule has 0 saturated heterocycles. The topological polar surface area (TPSA) is 69.0 Å². The van der Waals surface area contributed by atoms with Crippen LogP contribution < -0.4 is 5.32 Å². The summed E-state index contributed by atoms with van der Waals surface area (Å²) in [6.45, 7) is 11.9. The van der Waals surface area contributed by atoms with Crippen molar-refractivity contribution in [1.82, 2.24) is 19.9 Å². The molecule has 31 heavy (non-hydrogen) atoms. The molecule has 7 heteroatoms. The van der Waals surface area contributed by atoms with E-state index in [1.54, 1.807) is 19.2 Å². The molecule has 1 N–H and O–H groups in total. The number of aromatic nitrogens is 3. The van der Waals surface area contributed by atoms with Gasteiger partial charge >= 0.3 is 6.09 Å². The third-order valence-corrected chi connectivity index (χ3v) is 5.26. The number of alkyl carbamates (subject to hydrolysis) is 1. The molecule has 0 aliphatic carbocycles. The maximum atomic E-state index is 13.8. The number of imidazole rings is 1. The number of carbonyl (C=O) groups excluding carboxylic acids is 1. The Morgan fingerprint density at radius 1 is 1.29 bits per heavy atom. The van der Waals surface area contributed by atoms with Crippen molar-refractivity contribution < 1.29 is 13.9 Å². The first kappa shape index (κ1) is 22.7. The van der Waals surface area contributed by atoms with Gasteiger partial charge in [0.15, 0.2) is 5.65 Å². The minimum Gasteiger partial charge on any atom is -0.444 e. The summed E-state index contributed by atoms with van der Waals surface area (Å²) in [6, 6.07) is 8.44. The summed E-state index contributed by atoms with van der Waals surface area (Å²) < 4.78 is 21.3. The molecule has 0 saturated carbocycles. The normalized spacial score (nSPS) is 13.8. The minimum atomic E-state index is -0.600. The van der Waals surface area contributed by atoms with Crippen molar-refractivity contribution in [2.45, 2.75) is 66.2 Å². The predicted octanol–water partition coefficient (Wildman–Crippen LogP) is 5.54. The first-order valence-electron chi connectivity index (χ1n) is 10.6. The first-order chi connectivity index (χ1) is 14.6. The number of hydrogen-bond acceptors (Lipinski definition) is 4. The van der Waals surface area contributed by atoms with Gasteiger partial charge in [-0.15, -0.1) is 0 Å². The van der Waals surface area contributed by atoms with E-state index in [9.17, 15) is 9.18 Å². The Balaban J connectivity index is 2.05. The van der Waals surface area contributed by atoms with Crippen molar-refractivity contribution >= 4 is 17.3 Å². The lowest BCUT2D eigenvalue weighted by molar-refractivity contribution is 0.0482. The van der Waals surface area contributed by atoms with Crippen molar-refractivity contribution in [3.05, 3.63) is 59.3 Å². The molecule has 2 atom stereocenters. The molecule has 1 amide bonds. The van der Waals surface area contributed by atoms with Crippen molar-refractivity contribution in [2.75, 3.05) is 0 Å². The summed E-state index contributed by atoms with van der Waals surface area (Å²) in [5.74, 6) is 0.579. The van der Waals surface area contributed by atoms with E-state index in [2.05, 4.69) is 24.1 Å². The first-order valence-corrected chi connectivity index (χ1v) is 10.6. The molecule has 0 bridgehead atoms. The van der Waals surface area contributed by atoms with Gasteiger partial charge in [0, 0.05) is 6.20 Å². The molecule has 0 radical (unpaired) electrons. The highest BCUT2D eigenvalue weighted by Gasteiger charge is 2.29. The van der Waals surface area contributed by atoms with Crippen LogP contribution in [0.1, 0.15) is 64.0 Å². The number of ether oxygens (including phenoxy) is 1. The predicted molar refractivity (Wildman–Crippen MR) is 119 cm³/mol. The monoisotopic (exact) mass is 426 g/mol. The van der Waals surface area contributed by atoms with Crippen LogP contribution in [0.15, 0.2) is 36.5 Å². The maximum Gasteiger partial charge on any atom is 0.408 e. The highest BCUT2D eigenvalue weighted by molar-refractivity contribution is 5.72. The molecule has 0 aliphatic rings. The Hall–Kier alpha value is -2.96. The van der Waals surface area contributed by atoms with Gasteiger partial charge in [0.25, 0.3) is 0 Å². The van der Waals surface area contributed by atoms with Gasteiger partial charge < -0.3 is 14.6 Å². The van der Waals surface area contributed by atoms with E-state index >= 15 is 0 Å². The van der Waals surface area contributed by atoms with Crippen LogP contribution in [0.2, 0.25) is 0 Å². The fraction of sp³-hybridized carbons (Fsp3) is 0.458. The van der Waals surface area contributed by atoms with Crippen molar-refractivity contribution in [3.8, 4) is 0 Å². The second-order valence-electron chi connectivity index (χ2n) is 9.00. The Morgan fingerprint density at radius 3 is 2.68 bits per heavy atom. The molecule has 0 aliphatic heterocycles. The number of aryl methyl sites for hydroxylation is 1. The zero-order valence-electron chi connectivity index (χ0n) is 19.1. The number of rotatable bonds is 6. The fourth-order valence-corrected chi connectivity index (χ4v) is 3.49. The average molecular weight is 427 g/mol. The zero-order chi connectivity index (χ0) is 22.8. The summed E-state index contributed by atoms with van der Waals surface area (Å²) in [4.78, 5) is 22.0. The molecule has 6 nitrogen and oxygen atoms in total. The van der Waals surface area contributed by atoms with Crippen molar-refractivity contribution in [3.63, 3.8) is 0 Å². The Morgan fingerprint density at radius 2 is 2.03 bits per heavy atom. The summed E-state index contributed by atoms with van der Waals surface area (Å²) in [5.41, 5.74) is 2.39. The highest BCUT2D eigenvalue weighted by atomic mass is 19.1. The molecule has 2 aromatic heterocycles. The van der Waals surface area contributed by atoms with Gasteiger partial charge in [-0.25, -0.2) is 19.2 Å². The van der Waals surface area contributed by atoms with Gasteiger partial charge in [0.05, 0.1) is 12.6 Å². The van der Waals surface area contributed by atoms with Gasteiger partial charge in [0.1, 0.15) is 22.8 Å². The quantitative estimate of drug-likeness (QED) is 0.562. The molecule has 2 heterocycles. The lowest BCUT2D eigenvalue weighted by Crippen LogP contribution is -2.38. The van der Waals surface area contributed by atoms with Gasteiger partial charge in [-0.2, -0.15) is 0 Å². The van der Waals surface area contributed by atoms with Crippen LogP contribution in [-0.2, 0) is 11.3 Å². The van der Waals surface area contributed by atoms with E-state index < -0.39 is 11.7 Å². The van der Waals surface area contributed by atoms with Crippen LogP contribution in [0.3, 0.4) is 0 Å². The number of nitrogens with one attached hydrogen (secondary N) is 1. The number of halogens is 1. The summed E-state index contributed by atoms with van der Waals surface area (Å²) in [5, 5.41) is 3.02. The van der Waals surface area contributed by atoms with Crippen LogP contribution >= 0.6 is 0 Å². The Labute approximate surface area is 182 Å². The van der Waals surface area contributed by atoms with E-state index in [0.29, 0.717) is 17.9 Å². The Kier molecular flexibility index (Phi) is 6.62. The third kappa shape index (κ3) is 5.40. The number of fused-ring (bicyclic) bond motifs is 1. The molecular formula is C24H31FN4O2. The van der Waals surface area contributed by atoms with E-state index in [4.69, 9.17) is 9.72 Å². The SMILES string of the molecule is CCC(C)C(NC(=O)OC(C)(C)C)c1nc2cccnc2n1Cc1ccc(F)c(C)c1. The largest absolute Gasteiger partial charge is 0.444 e. The molecule has 2 unspecified atom stereocenters. The Bertz CT molecular complexity index is 1070. The molecule has 0 spiro atoms. The van der Waals surface area contributed by atoms with Crippen LogP contribution in [-0.4, -0.2) is 26.2 Å². The number of nitrogens with zero attached hydrogens (tertiary/aromatic N) is 3. The minimum absolute atomic E-state index is 0.109. The van der Waals surface area contributed by atoms with Gasteiger partial charge in [0.2, 0.25) is 0 Å². The summed E-state index contributed by atoms with van der Waals surface area (Å²) in [6.07, 6.45) is 2.08. The van der Waals surface area contributed by atoms with Crippen molar-refractivity contribution in [1.29, 1.82) is 0 Å². The number of pyridine rings is 1. The van der Waals surface area contributed by atoms with Crippen molar-refractivity contribution in [2.24, 2.45) is 5.92 Å². The zero-order valence-corrected chi connectivity index (χ0v) is 19.1. The molecule has 1 aromatic carbocycles. The van der Waals surface area contributed by atoms with Crippen LogP contribution in [0, 0.1) is 18.7 Å². The molecule has 3 rings (SSSR count). The smallest absolute Gasteiger partial charge is 0.408 e. The van der Waals surface area contributed by atoms with E-state index in [0.717, 1.165) is 23.1 Å². The van der Waals surface area contributed by atoms with E-state index in [-0.39, 0.29) is 17.8 Å². The lowest BCUT2D eigenvalue weighted by Gasteiger charge is -2.27. The molecule has 0 fully saturated rings. The standard InChI is InChI=1S/C24H31FN4O2/c1-7-15(2)20(28-23(30)31-24(4,5)6)22-27-19-9-8-12-26-21(19)29(22)14-17-10-11-18(25)16(3)13-17/h8-13,15,20H,7,14H2,1-6H3,(H,28,30). The average Bonchev–Trinajstić information content (AvgIpc) is 3.05. The molecular weight excluding hydrogens is 395 g/mol. The second kappa shape index (κ2) is 9.04. The van der Waals surface area contributed by atoms with Gasteiger partial charge in [-0.3, -0.25) is 0 Å². The second-order valence-corrected chi connectivity index (χ2v) is 9.00. The maximum absolute atomic E-state index is 13.8. The molecule has 3 aromatic rings. The van der Waals surface area contributed by atoms with Crippen LogP contribution in [0.5, 0.6) is 0 Å². The van der Waals surface area contributed by atoms with Gasteiger partial charge in [-0.1, -0.05) is 32.4 Å². The lowest BCUT2D eigenvalue weighted by atomic mass is 9.98. The van der Waals surface area contributed by atoms with Crippen LogP contribution in [0.25, 0.3) is 11.2 Å². The van der Waals surface area contributed by atoms with Crippen LogP contribution in [0.4, 0.5) is 9.18 Å². The van der Waals surface area contributed by atoms with Gasteiger partial charge in [-0.05, 0) is 62.9 Å². The summed E-state index contributed by atoms with van der Waals surface area (Å²) >= 11 is 0. The molecule has 166 valence electrons. The number of amides is 1. The third-order valence-electron chi connectivity index (χ3n) is 5.26. The fourth-order valence-electron chi connectivity index (χ4n) is 3.49. The number of benzene rings is 1. The highest BCUT2D eigenvalue weighted by Crippen LogP contribution is 2.28. The number of carbonyl (C=O) groups is 1. The summed E-state index contributed by atoms with van der Waals surface area (Å²) in [7, 11) is 0. The van der Waals surface area contributed by atoms with E-state index in [1.807, 2.05) is 43.5 Å². The van der Waals surface area contributed by atoms with E-state index in [1.165, 1.54) is 6.07 Å².